The van der Waals surface area contributed by atoms with Gasteiger partial charge in [0.1, 0.15) is 5.75 Å². The molecular formula is C15H13NO4S. The first-order valence-electron chi connectivity index (χ1n) is 6.15. The molecule has 0 N–H and O–H groups in total. The lowest BCUT2D eigenvalue weighted by Gasteiger charge is -2.04. The Kier molecular flexibility index (Phi) is 4.94. The van der Waals surface area contributed by atoms with Crippen LogP contribution in [0.2, 0.25) is 0 Å². The fourth-order valence-electron chi connectivity index (χ4n) is 1.75. The number of para-hydroxylation sites is 1. The van der Waals surface area contributed by atoms with Gasteiger partial charge in [-0.1, -0.05) is 24.3 Å². The van der Waals surface area contributed by atoms with E-state index in [1.165, 1.54) is 13.2 Å². The molecule has 5 nitrogen and oxygen atoms in total. The fourth-order valence-corrected chi connectivity index (χ4v) is 2.67. The van der Waals surface area contributed by atoms with E-state index in [2.05, 4.69) is 0 Å². The lowest BCUT2D eigenvalue weighted by Crippen LogP contribution is -2.03. The lowest BCUT2D eigenvalue weighted by atomic mass is 10.1. The maximum absolute atomic E-state index is 12.1. The van der Waals surface area contributed by atoms with E-state index >= 15 is 0 Å². The molecule has 0 aliphatic carbocycles. The Hall–Kier alpha value is -2.34. The second-order valence-corrected chi connectivity index (χ2v) is 5.19. The van der Waals surface area contributed by atoms with E-state index in [9.17, 15) is 14.9 Å². The van der Waals surface area contributed by atoms with Crippen molar-refractivity contribution in [2.45, 2.75) is 4.90 Å². The smallest absolute Gasteiger partial charge is 0.282 e. The quantitative estimate of drug-likeness (QED) is 0.353. The third-order valence-electron chi connectivity index (χ3n) is 2.81. The molecule has 0 aromatic heterocycles. The summed E-state index contributed by atoms with van der Waals surface area (Å²) in [5.41, 5.74) is 0.543. The average molecular weight is 303 g/mol. The van der Waals surface area contributed by atoms with Crippen molar-refractivity contribution in [3.8, 4) is 5.75 Å². The first-order valence-corrected chi connectivity index (χ1v) is 7.14. The number of ketones is 1. The topological polar surface area (TPSA) is 69.4 Å². The monoisotopic (exact) mass is 303 g/mol. The number of Topliss-reactive ketones (excluding diaryl/α,β-unsaturated/α-hetero) is 1. The SMILES string of the molecule is COc1cccc(C(=O)CSc2ccccc2[N+](=O)[O-])c1. The second kappa shape index (κ2) is 6.90. The number of benzene rings is 2. The molecule has 0 fully saturated rings. The zero-order valence-electron chi connectivity index (χ0n) is 11.3. The van der Waals surface area contributed by atoms with Crippen LogP contribution in [0, 0.1) is 10.1 Å². The Morgan fingerprint density at radius 3 is 2.71 bits per heavy atom. The molecule has 0 atom stereocenters. The van der Waals surface area contributed by atoms with Crippen molar-refractivity contribution in [2.24, 2.45) is 0 Å². The molecule has 0 radical (unpaired) electrons. The van der Waals surface area contributed by atoms with Crippen LogP contribution in [0.15, 0.2) is 53.4 Å². The third kappa shape index (κ3) is 3.82. The minimum Gasteiger partial charge on any atom is -0.497 e. The molecule has 0 saturated carbocycles. The van der Waals surface area contributed by atoms with Crippen LogP contribution < -0.4 is 4.74 Å². The summed E-state index contributed by atoms with van der Waals surface area (Å²) in [5.74, 6) is 0.645. The summed E-state index contributed by atoms with van der Waals surface area (Å²) >= 11 is 1.16. The van der Waals surface area contributed by atoms with Crippen LogP contribution in [0.3, 0.4) is 0 Å². The largest absolute Gasteiger partial charge is 0.497 e. The van der Waals surface area contributed by atoms with Crippen molar-refractivity contribution in [1.82, 2.24) is 0 Å². The number of ether oxygens (including phenoxy) is 1. The number of nitro groups is 1. The van der Waals surface area contributed by atoms with Crippen LogP contribution in [0.1, 0.15) is 10.4 Å². The van der Waals surface area contributed by atoms with E-state index < -0.39 is 4.92 Å². The van der Waals surface area contributed by atoms with Gasteiger partial charge in [-0.25, -0.2) is 0 Å². The summed E-state index contributed by atoms with van der Waals surface area (Å²) in [6.07, 6.45) is 0. The van der Waals surface area contributed by atoms with Crippen molar-refractivity contribution >= 4 is 23.2 Å². The molecule has 0 bridgehead atoms. The Morgan fingerprint density at radius 1 is 1.24 bits per heavy atom. The van der Waals surface area contributed by atoms with Gasteiger partial charge in [-0.05, 0) is 18.2 Å². The Bertz CT molecular complexity index is 672. The predicted octanol–water partition coefficient (Wildman–Crippen LogP) is 3.58. The second-order valence-electron chi connectivity index (χ2n) is 4.17. The highest BCUT2D eigenvalue weighted by molar-refractivity contribution is 8.00. The van der Waals surface area contributed by atoms with Crippen LogP contribution in [-0.4, -0.2) is 23.6 Å². The fraction of sp³-hybridized carbons (Fsp3) is 0.133. The first-order chi connectivity index (χ1) is 10.1. The molecule has 0 amide bonds. The molecule has 0 aliphatic rings. The van der Waals surface area contributed by atoms with Crippen molar-refractivity contribution in [2.75, 3.05) is 12.9 Å². The number of hydrogen-bond acceptors (Lipinski definition) is 5. The standard InChI is InChI=1S/C15H13NO4S/c1-20-12-6-4-5-11(9-12)14(17)10-21-15-8-3-2-7-13(15)16(18)19/h2-9H,10H2,1H3. The molecule has 2 aromatic rings. The highest BCUT2D eigenvalue weighted by Crippen LogP contribution is 2.29. The number of thioether (sulfide) groups is 1. The van der Waals surface area contributed by atoms with Crippen LogP contribution >= 0.6 is 11.8 Å². The zero-order chi connectivity index (χ0) is 15.2. The van der Waals surface area contributed by atoms with Gasteiger partial charge in [-0.2, -0.15) is 0 Å². The molecule has 0 saturated heterocycles. The molecule has 21 heavy (non-hydrogen) atoms. The van der Waals surface area contributed by atoms with Crippen molar-refractivity contribution in [3.63, 3.8) is 0 Å². The van der Waals surface area contributed by atoms with Gasteiger partial charge in [0.15, 0.2) is 5.78 Å². The number of carbonyl (C=O) groups is 1. The maximum Gasteiger partial charge on any atom is 0.282 e. The van der Waals surface area contributed by atoms with E-state index in [0.717, 1.165) is 11.8 Å². The number of hydrogen-bond donors (Lipinski definition) is 0. The van der Waals surface area contributed by atoms with Gasteiger partial charge in [0.2, 0.25) is 0 Å². The molecule has 6 heteroatoms. The minimum absolute atomic E-state index is 0.0148. The molecule has 108 valence electrons. The van der Waals surface area contributed by atoms with Gasteiger partial charge in [-0.3, -0.25) is 14.9 Å². The predicted molar refractivity (Wildman–Crippen MR) is 81.1 cm³/mol. The molecule has 2 rings (SSSR count). The molecular weight excluding hydrogens is 290 g/mol. The highest BCUT2D eigenvalue weighted by atomic mass is 32.2. The number of rotatable bonds is 6. The zero-order valence-corrected chi connectivity index (χ0v) is 12.1. The van der Waals surface area contributed by atoms with Crippen molar-refractivity contribution in [1.29, 1.82) is 0 Å². The van der Waals surface area contributed by atoms with E-state index in [1.807, 2.05) is 0 Å². The van der Waals surface area contributed by atoms with Crippen LogP contribution in [-0.2, 0) is 0 Å². The molecule has 2 aromatic carbocycles. The first kappa shape index (κ1) is 15.1. The number of nitrogens with zero attached hydrogens (tertiary/aromatic N) is 1. The number of methoxy groups -OCH3 is 1. The van der Waals surface area contributed by atoms with E-state index in [0.29, 0.717) is 16.2 Å². The van der Waals surface area contributed by atoms with Gasteiger partial charge in [-0.15, -0.1) is 11.8 Å². The maximum atomic E-state index is 12.1. The number of carbonyl (C=O) groups excluding carboxylic acids is 1. The summed E-state index contributed by atoms with van der Waals surface area (Å²) in [6.45, 7) is 0. The lowest BCUT2D eigenvalue weighted by molar-refractivity contribution is -0.387. The van der Waals surface area contributed by atoms with Crippen LogP contribution in [0.5, 0.6) is 5.75 Å². The highest BCUT2D eigenvalue weighted by Gasteiger charge is 2.15. The van der Waals surface area contributed by atoms with Gasteiger partial charge >= 0.3 is 0 Å². The van der Waals surface area contributed by atoms with Crippen LogP contribution in [0.4, 0.5) is 5.69 Å². The average Bonchev–Trinajstić information content (AvgIpc) is 2.52. The summed E-state index contributed by atoms with van der Waals surface area (Å²) in [6, 6.07) is 13.2. The summed E-state index contributed by atoms with van der Waals surface area (Å²) in [5, 5.41) is 10.9. The summed E-state index contributed by atoms with van der Waals surface area (Å²) in [7, 11) is 1.53. The Morgan fingerprint density at radius 2 is 2.00 bits per heavy atom. The minimum atomic E-state index is -0.446. The Balaban J connectivity index is 2.09. The van der Waals surface area contributed by atoms with Crippen molar-refractivity contribution in [3.05, 3.63) is 64.2 Å². The van der Waals surface area contributed by atoms with Gasteiger partial charge in [0.05, 0.1) is 22.7 Å². The summed E-state index contributed by atoms with van der Waals surface area (Å²) < 4.78 is 5.07. The van der Waals surface area contributed by atoms with Crippen LogP contribution in [0.25, 0.3) is 0 Å². The third-order valence-corrected chi connectivity index (χ3v) is 3.88. The summed E-state index contributed by atoms with van der Waals surface area (Å²) in [4.78, 5) is 23.1. The Labute approximate surface area is 126 Å². The number of nitro benzene ring substituents is 1. The van der Waals surface area contributed by atoms with E-state index in [1.54, 1.807) is 42.5 Å². The molecule has 0 heterocycles. The van der Waals surface area contributed by atoms with Gasteiger partial charge in [0, 0.05) is 11.6 Å². The molecule has 0 aliphatic heterocycles. The van der Waals surface area contributed by atoms with Crippen molar-refractivity contribution < 1.29 is 14.5 Å². The normalized spacial score (nSPS) is 10.1. The van der Waals surface area contributed by atoms with E-state index in [-0.39, 0.29) is 17.2 Å². The van der Waals surface area contributed by atoms with Gasteiger partial charge < -0.3 is 4.74 Å². The molecule has 0 spiro atoms. The van der Waals surface area contributed by atoms with E-state index in [4.69, 9.17) is 4.74 Å². The molecule has 0 unspecified atom stereocenters. The van der Waals surface area contributed by atoms with Gasteiger partial charge in [0.25, 0.3) is 5.69 Å².